The summed E-state index contributed by atoms with van der Waals surface area (Å²) in [5.41, 5.74) is 3.17. The van der Waals surface area contributed by atoms with Gasteiger partial charge in [-0.25, -0.2) is 0 Å². The highest BCUT2D eigenvalue weighted by molar-refractivity contribution is 7.17. The lowest BCUT2D eigenvalue weighted by Crippen LogP contribution is -2.42. The van der Waals surface area contributed by atoms with Gasteiger partial charge in [0.05, 0.1) is 4.88 Å². The highest BCUT2D eigenvalue weighted by atomic mass is 35.5. The van der Waals surface area contributed by atoms with E-state index in [1.54, 1.807) is 0 Å². The van der Waals surface area contributed by atoms with Gasteiger partial charge in [-0.15, -0.1) is 11.3 Å². The van der Waals surface area contributed by atoms with Gasteiger partial charge < -0.3 is 19.5 Å². The number of oxazole rings is 1. The van der Waals surface area contributed by atoms with Gasteiger partial charge in [-0.2, -0.15) is 4.98 Å². The number of nitrogens with one attached hydrogen (secondary N) is 1. The highest BCUT2D eigenvalue weighted by Crippen LogP contribution is 2.31. The fourth-order valence-corrected chi connectivity index (χ4v) is 5.14. The lowest BCUT2D eigenvalue weighted by atomic mass is 10.0. The fraction of sp³-hybridized carbons (Fsp3) is 0.280. The Kier molecular flexibility index (Phi) is 6.10. The van der Waals surface area contributed by atoms with E-state index in [4.69, 9.17) is 16.0 Å². The zero-order chi connectivity index (χ0) is 22.9. The number of carbonyl (C=O) groups is 1. The van der Waals surface area contributed by atoms with Gasteiger partial charge >= 0.3 is 0 Å². The maximum absolute atomic E-state index is 12.8. The Labute approximate surface area is 201 Å². The van der Waals surface area contributed by atoms with Crippen molar-refractivity contribution < 1.29 is 9.21 Å². The molecule has 0 aliphatic carbocycles. The number of rotatable bonds is 5. The SMILES string of the molecule is CN1CCC(N(C)c2nc3cc(NC(=O)c4ccc(-c5ccc(Cl)cc5)s4)ccc3o2)CC1. The van der Waals surface area contributed by atoms with Crippen LogP contribution in [0.1, 0.15) is 22.5 Å². The fourth-order valence-electron chi connectivity index (χ4n) is 4.10. The van der Waals surface area contributed by atoms with E-state index in [2.05, 4.69) is 27.1 Å². The van der Waals surface area contributed by atoms with Crippen molar-refractivity contribution in [2.24, 2.45) is 0 Å². The molecule has 33 heavy (non-hydrogen) atoms. The lowest BCUT2D eigenvalue weighted by Gasteiger charge is -2.34. The third-order valence-electron chi connectivity index (χ3n) is 6.13. The van der Waals surface area contributed by atoms with Crippen LogP contribution < -0.4 is 10.2 Å². The summed E-state index contributed by atoms with van der Waals surface area (Å²) < 4.78 is 6.00. The third-order valence-corrected chi connectivity index (χ3v) is 7.52. The second kappa shape index (κ2) is 9.17. The van der Waals surface area contributed by atoms with Crippen molar-refractivity contribution in [1.82, 2.24) is 9.88 Å². The Balaban J connectivity index is 1.29. The molecule has 0 saturated carbocycles. The summed E-state index contributed by atoms with van der Waals surface area (Å²) in [6, 6.07) is 18.0. The van der Waals surface area contributed by atoms with Gasteiger partial charge in [-0.3, -0.25) is 4.79 Å². The molecule has 1 aliphatic rings. The standard InChI is InChI=1S/C25H25ClN4O2S/c1-29-13-11-19(12-14-29)30(2)25-28-20-15-18(7-8-21(20)32-25)27-24(31)23-10-9-22(33-23)16-3-5-17(26)6-4-16/h3-10,15,19H,11-14H2,1-2H3,(H,27,31). The predicted molar refractivity (Wildman–Crippen MR) is 136 cm³/mol. The van der Waals surface area contributed by atoms with Crippen molar-refractivity contribution in [3.8, 4) is 10.4 Å². The number of aromatic nitrogens is 1. The quantitative estimate of drug-likeness (QED) is 0.380. The van der Waals surface area contributed by atoms with Crippen molar-refractivity contribution in [2.75, 3.05) is 37.4 Å². The van der Waals surface area contributed by atoms with Crippen molar-refractivity contribution in [3.05, 3.63) is 64.5 Å². The van der Waals surface area contributed by atoms with E-state index < -0.39 is 0 Å². The van der Waals surface area contributed by atoms with Crippen LogP contribution in [0.25, 0.3) is 21.5 Å². The Hall–Kier alpha value is -2.87. The molecule has 0 atom stereocenters. The van der Waals surface area contributed by atoms with Gasteiger partial charge in [0.1, 0.15) is 5.52 Å². The zero-order valence-electron chi connectivity index (χ0n) is 18.5. The van der Waals surface area contributed by atoms with Crippen LogP contribution in [0.4, 0.5) is 11.7 Å². The Morgan fingerprint density at radius 3 is 2.67 bits per heavy atom. The number of halogens is 1. The zero-order valence-corrected chi connectivity index (χ0v) is 20.1. The first-order chi connectivity index (χ1) is 16.0. The van der Waals surface area contributed by atoms with Crippen LogP contribution in [-0.4, -0.2) is 49.0 Å². The minimum absolute atomic E-state index is 0.147. The first kappa shape index (κ1) is 21.9. The van der Waals surface area contributed by atoms with Crippen LogP contribution in [-0.2, 0) is 0 Å². The molecular formula is C25H25ClN4O2S. The first-order valence-electron chi connectivity index (χ1n) is 11.0. The molecule has 1 fully saturated rings. The lowest BCUT2D eigenvalue weighted by molar-refractivity contribution is 0.103. The monoisotopic (exact) mass is 480 g/mol. The summed E-state index contributed by atoms with van der Waals surface area (Å²) in [4.78, 5) is 23.6. The van der Waals surface area contributed by atoms with Gasteiger partial charge in [0.15, 0.2) is 5.58 Å². The smallest absolute Gasteiger partial charge is 0.298 e. The summed E-state index contributed by atoms with van der Waals surface area (Å²) in [5, 5.41) is 3.67. The molecule has 5 rings (SSSR count). The number of benzene rings is 2. The molecule has 1 aliphatic heterocycles. The normalized spacial score (nSPS) is 15.1. The molecule has 1 saturated heterocycles. The molecule has 3 heterocycles. The number of hydrogen-bond acceptors (Lipinski definition) is 6. The molecule has 1 N–H and O–H groups in total. The number of likely N-dealkylation sites (tertiary alicyclic amines) is 1. The number of anilines is 2. The minimum atomic E-state index is -0.147. The maximum atomic E-state index is 12.8. The van der Waals surface area contributed by atoms with E-state index in [9.17, 15) is 4.79 Å². The Morgan fingerprint density at radius 2 is 1.91 bits per heavy atom. The molecule has 8 heteroatoms. The number of piperidine rings is 1. The summed E-state index contributed by atoms with van der Waals surface area (Å²) in [6.07, 6.45) is 2.18. The highest BCUT2D eigenvalue weighted by Gasteiger charge is 2.24. The van der Waals surface area contributed by atoms with Crippen molar-refractivity contribution in [1.29, 1.82) is 0 Å². The number of thiophene rings is 1. The molecule has 2 aromatic carbocycles. The van der Waals surface area contributed by atoms with E-state index in [0.717, 1.165) is 41.9 Å². The molecule has 4 aromatic rings. The summed E-state index contributed by atoms with van der Waals surface area (Å²) in [6.45, 7) is 2.15. The molecule has 170 valence electrons. The maximum Gasteiger partial charge on any atom is 0.298 e. The molecule has 0 bridgehead atoms. The summed E-state index contributed by atoms with van der Waals surface area (Å²) in [7, 11) is 4.19. The van der Waals surface area contributed by atoms with Crippen LogP contribution >= 0.6 is 22.9 Å². The largest absolute Gasteiger partial charge is 0.423 e. The number of amides is 1. The molecule has 0 radical (unpaired) electrons. The number of carbonyl (C=O) groups excluding carboxylic acids is 1. The van der Waals surface area contributed by atoms with Crippen LogP contribution in [0.2, 0.25) is 5.02 Å². The second-order valence-corrected chi connectivity index (χ2v) is 9.97. The van der Waals surface area contributed by atoms with Crippen LogP contribution in [0.5, 0.6) is 0 Å². The predicted octanol–water partition coefficient (Wildman–Crippen LogP) is 5.99. The van der Waals surface area contributed by atoms with Gasteiger partial charge in [-0.1, -0.05) is 23.7 Å². The van der Waals surface area contributed by atoms with Crippen molar-refractivity contribution in [2.45, 2.75) is 18.9 Å². The average molecular weight is 481 g/mol. The molecular weight excluding hydrogens is 456 g/mol. The van der Waals surface area contributed by atoms with E-state index >= 15 is 0 Å². The van der Waals surface area contributed by atoms with Gasteiger partial charge in [0.2, 0.25) is 0 Å². The topological polar surface area (TPSA) is 61.6 Å². The van der Waals surface area contributed by atoms with Crippen molar-refractivity contribution in [3.63, 3.8) is 0 Å². The molecule has 0 spiro atoms. The van der Waals surface area contributed by atoms with E-state index in [-0.39, 0.29) is 5.91 Å². The Morgan fingerprint density at radius 1 is 1.15 bits per heavy atom. The Bertz CT molecular complexity index is 1280. The summed E-state index contributed by atoms with van der Waals surface area (Å²) >= 11 is 7.42. The summed E-state index contributed by atoms with van der Waals surface area (Å²) in [5.74, 6) is -0.147. The second-order valence-electron chi connectivity index (χ2n) is 8.45. The average Bonchev–Trinajstić information content (AvgIpc) is 3.47. The van der Waals surface area contributed by atoms with Crippen LogP contribution in [0, 0.1) is 0 Å². The number of nitrogens with zero attached hydrogens (tertiary/aromatic N) is 3. The van der Waals surface area contributed by atoms with Gasteiger partial charge in [0, 0.05) is 28.7 Å². The third kappa shape index (κ3) is 4.76. The molecule has 6 nitrogen and oxygen atoms in total. The van der Waals surface area contributed by atoms with Crippen LogP contribution in [0.3, 0.4) is 0 Å². The molecule has 2 aromatic heterocycles. The van der Waals surface area contributed by atoms with Gasteiger partial charge in [0.25, 0.3) is 11.9 Å². The van der Waals surface area contributed by atoms with E-state index in [0.29, 0.717) is 33.2 Å². The molecule has 1 amide bonds. The van der Waals surface area contributed by atoms with Crippen molar-refractivity contribution >= 4 is 51.6 Å². The first-order valence-corrected chi connectivity index (χ1v) is 12.1. The van der Waals surface area contributed by atoms with E-state index in [1.807, 2.05) is 61.6 Å². The molecule has 0 unspecified atom stereocenters. The number of fused-ring (bicyclic) bond motifs is 1. The van der Waals surface area contributed by atoms with Crippen LogP contribution in [0.15, 0.2) is 59.0 Å². The number of hydrogen-bond donors (Lipinski definition) is 1. The minimum Gasteiger partial charge on any atom is -0.423 e. The van der Waals surface area contributed by atoms with Gasteiger partial charge in [-0.05, 0) is 81.0 Å². The van der Waals surface area contributed by atoms with E-state index in [1.165, 1.54) is 11.3 Å².